The number of nitrogens with zero attached hydrogens (tertiary/aromatic N) is 1. The lowest BCUT2D eigenvalue weighted by Crippen LogP contribution is -2.26. The largest absolute Gasteiger partial charge is 0.458 e. The summed E-state index contributed by atoms with van der Waals surface area (Å²) in [5, 5.41) is 11.3. The normalized spacial score (nSPS) is 23.6. The van der Waals surface area contributed by atoms with E-state index in [2.05, 4.69) is 17.1 Å². The number of aromatic amines is 1. The van der Waals surface area contributed by atoms with Crippen LogP contribution in [-0.4, -0.2) is 30.7 Å². The number of rotatable bonds is 3. The van der Waals surface area contributed by atoms with Crippen molar-refractivity contribution in [2.75, 3.05) is 0 Å². The maximum absolute atomic E-state index is 12.1. The Labute approximate surface area is 117 Å². The molecular formula is C12H19N3O4S. The van der Waals surface area contributed by atoms with Gasteiger partial charge in [-0.05, 0) is 32.1 Å². The summed E-state index contributed by atoms with van der Waals surface area (Å²) in [5.74, 6) is -0.238. The third-order valence-corrected chi connectivity index (χ3v) is 4.60. The predicted molar refractivity (Wildman–Crippen MR) is 71.5 cm³/mol. The van der Waals surface area contributed by atoms with Crippen LogP contribution in [0.5, 0.6) is 0 Å². The monoisotopic (exact) mass is 301 g/mol. The topological polar surface area (TPSA) is 115 Å². The molecule has 1 aromatic rings. The molecule has 2 atom stereocenters. The fourth-order valence-electron chi connectivity index (χ4n) is 2.60. The van der Waals surface area contributed by atoms with E-state index >= 15 is 0 Å². The van der Waals surface area contributed by atoms with Crippen molar-refractivity contribution in [3.8, 4) is 0 Å². The molecule has 112 valence electrons. The third kappa shape index (κ3) is 3.18. The lowest BCUT2D eigenvalue weighted by molar-refractivity contribution is 0.0144. The van der Waals surface area contributed by atoms with Gasteiger partial charge in [0.25, 0.3) is 0 Å². The molecule has 8 heteroatoms. The number of nitrogens with one attached hydrogen (secondary N) is 1. The SMILES string of the molecule is Cc1[nH]nc(C(=O)OC2CCCC(C)C2)c1S(N)(=O)=O. The van der Waals surface area contributed by atoms with E-state index in [1.807, 2.05) is 0 Å². The molecule has 1 aliphatic rings. The van der Waals surface area contributed by atoms with Crippen molar-refractivity contribution in [1.29, 1.82) is 0 Å². The zero-order chi connectivity index (χ0) is 14.9. The Morgan fingerprint density at radius 3 is 2.75 bits per heavy atom. The number of hydrogen-bond donors (Lipinski definition) is 2. The van der Waals surface area contributed by atoms with Crippen LogP contribution in [0.25, 0.3) is 0 Å². The van der Waals surface area contributed by atoms with E-state index in [1.165, 1.54) is 6.92 Å². The van der Waals surface area contributed by atoms with Crippen molar-refractivity contribution in [2.45, 2.75) is 50.5 Å². The molecule has 20 heavy (non-hydrogen) atoms. The molecule has 0 spiro atoms. The number of hydrogen-bond acceptors (Lipinski definition) is 5. The standard InChI is InChI=1S/C12H19N3O4S/c1-7-4-3-5-9(6-7)19-12(16)10-11(20(13,17)18)8(2)14-15-10/h7,9H,3-6H2,1-2H3,(H,14,15)(H2,13,17,18). The van der Waals surface area contributed by atoms with Crippen LogP contribution in [0.4, 0.5) is 0 Å². The van der Waals surface area contributed by atoms with Gasteiger partial charge in [0, 0.05) is 0 Å². The molecule has 1 saturated carbocycles. The maximum atomic E-state index is 12.1. The van der Waals surface area contributed by atoms with Gasteiger partial charge in [-0.2, -0.15) is 5.10 Å². The van der Waals surface area contributed by atoms with Gasteiger partial charge in [0.15, 0.2) is 5.69 Å². The molecule has 7 nitrogen and oxygen atoms in total. The van der Waals surface area contributed by atoms with Crippen LogP contribution < -0.4 is 5.14 Å². The second-order valence-electron chi connectivity index (χ2n) is 5.37. The van der Waals surface area contributed by atoms with E-state index in [0.717, 1.165) is 25.7 Å². The highest BCUT2D eigenvalue weighted by Crippen LogP contribution is 2.27. The van der Waals surface area contributed by atoms with Crippen molar-refractivity contribution in [2.24, 2.45) is 11.1 Å². The quantitative estimate of drug-likeness (QED) is 0.811. The Bertz CT molecular complexity index is 608. The van der Waals surface area contributed by atoms with Gasteiger partial charge in [-0.25, -0.2) is 18.4 Å². The van der Waals surface area contributed by atoms with Gasteiger partial charge in [-0.1, -0.05) is 13.3 Å². The Morgan fingerprint density at radius 2 is 2.15 bits per heavy atom. The molecule has 0 aromatic carbocycles. The van der Waals surface area contributed by atoms with Crippen LogP contribution in [0.2, 0.25) is 0 Å². The lowest BCUT2D eigenvalue weighted by atomic mass is 9.89. The van der Waals surface area contributed by atoms with Crippen molar-refractivity contribution in [3.63, 3.8) is 0 Å². The Morgan fingerprint density at radius 1 is 1.45 bits per heavy atom. The van der Waals surface area contributed by atoms with E-state index in [-0.39, 0.29) is 22.4 Å². The van der Waals surface area contributed by atoms with Crippen LogP contribution in [0.1, 0.15) is 48.8 Å². The molecular weight excluding hydrogens is 282 g/mol. The number of primary sulfonamides is 1. The van der Waals surface area contributed by atoms with E-state index in [9.17, 15) is 13.2 Å². The third-order valence-electron chi connectivity index (χ3n) is 3.53. The van der Waals surface area contributed by atoms with Crippen LogP contribution in [-0.2, 0) is 14.8 Å². The molecule has 1 heterocycles. The summed E-state index contributed by atoms with van der Waals surface area (Å²) < 4.78 is 28.3. The molecule has 0 radical (unpaired) electrons. The zero-order valence-corrected chi connectivity index (χ0v) is 12.4. The average Bonchev–Trinajstić information content (AvgIpc) is 2.71. The van der Waals surface area contributed by atoms with Gasteiger partial charge in [0.1, 0.15) is 11.0 Å². The van der Waals surface area contributed by atoms with E-state index in [4.69, 9.17) is 9.88 Å². The van der Waals surface area contributed by atoms with Crippen LogP contribution in [0.3, 0.4) is 0 Å². The Hall–Kier alpha value is -1.41. The van der Waals surface area contributed by atoms with Crippen LogP contribution >= 0.6 is 0 Å². The molecule has 2 unspecified atom stereocenters. The minimum atomic E-state index is -4.01. The van der Waals surface area contributed by atoms with Gasteiger partial charge in [-0.15, -0.1) is 0 Å². The predicted octanol–water partition coefficient (Wildman–Crippen LogP) is 1.10. The highest BCUT2D eigenvalue weighted by atomic mass is 32.2. The molecule has 2 rings (SSSR count). The van der Waals surface area contributed by atoms with Gasteiger partial charge >= 0.3 is 5.97 Å². The van der Waals surface area contributed by atoms with E-state index < -0.39 is 16.0 Å². The van der Waals surface area contributed by atoms with Crippen LogP contribution in [0, 0.1) is 12.8 Å². The van der Waals surface area contributed by atoms with Crippen molar-refractivity contribution >= 4 is 16.0 Å². The summed E-state index contributed by atoms with van der Waals surface area (Å²) in [4.78, 5) is 11.8. The summed E-state index contributed by atoms with van der Waals surface area (Å²) >= 11 is 0. The second kappa shape index (κ2) is 5.53. The lowest BCUT2D eigenvalue weighted by Gasteiger charge is -2.26. The first-order valence-electron chi connectivity index (χ1n) is 6.57. The van der Waals surface area contributed by atoms with Gasteiger partial charge < -0.3 is 4.74 Å². The van der Waals surface area contributed by atoms with Gasteiger partial charge in [0.05, 0.1) is 5.69 Å². The molecule has 0 aliphatic heterocycles. The minimum absolute atomic E-state index is 0.184. The molecule has 3 N–H and O–H groups in total. The number of carbonyl (C=O) groups is 1. The molecule has 1 aliphatic carbocycles. The number of aromatic nitrogens is 2. The number of ether oxygens (including phenoxy) is 1. The summed E-state index contributed by atoms with van der Waals surface area (Å²) in [6.07, 6.45) is 3.53. The number of carbonyl (C=O) groups excluding carboxylic acids is 1. The van der Waals surface area contributed by atoms with Crippen LogP contribution in [0.15, 0.2) is 4.90 Å². The highest BCUT2D eigenvalue weighted by molar-refractivity contribution is 7.89. The van der Waals surface area contributed by atoms with E-state index in [1.54, 1.807) is 0 Å². The fraction of sp³-hybridized carbons (Fsp3) is 0.667. The smallest absolute Gasteiger partial charge is 0.360 e. The number of H-pyrrole nitrogens is 1. The van der Waals surface area contributed by atoms with Gasteiger partial charge in [0.2, 0.25) is 10.0 Å². The highest BCUT2D eigenvalue weighted by Gasteiger charge is 2.29. The summed E-state index contributed by atoms with van der Waals surface area (Å²) in [7, 11) is -4.01. The maximum Gasteiger partial charge on any atom is 0.360 e. The second-order valence-corrected chi connectivity index (χ2v) is 6.87. The first-order valence-corrected chi connectivity index (χ1v) is 8.12. The fourth-order valence-corrected chi connectivity index (χ4v) is 3.47. The van der Waals surface area contributed by atoms with Crippen molar-refractivity contribution in [3.05, 3.63) is 11.4 Å². The molecule has 0 amide bonds. The summed E-state index contributed by atoms with van der Waals surface area (Å²) in [5.41, 5.74) is -0.0281. The molecule has 0 bridgehead atoms. The Balaban J connectivity index is 2.18. The first-order chi connectivity index (χ1) is 9.29. The molecule has 1 fully saturated rings. The molecule has 1 aromatic heterocycles. The van der Waals surface area contributed by atoms with Crippen molar-refractivity contribution in [1.82, 2.24) is 10.2 Å². The number of sulfonamides is 1. The van der Waals surface area contributed by atoms with Gasteiger partial charge in [-0.3, -0.25) is 5.10 Å². The Kier molecular flexibility index (Phi) is 4.14. The summed E-state index contributed by atoms with van der Waals surface area (Å²) in [6, 6.07) is 0. The number of esters is 1. The number of nitrogens with two attached hydrogens (primary N) is 1. The number of aryl methyl sites for hydroxylation is 1. The molecule has 0 saturated heterocycles. The average molecular weight is 301 g/mol. The summed E-state index contributed by atoms with van der Waals surface area (Å²) in [6.45, 7) is 3.60. The first kappa shape index (κ1) is 15.0. The van der Waals surface area contributed by atoms with Crippen molar-refractivity contribution < 1.29 is 17.9 Å². The van der Waals surface area contributed by atoms with E-state index in [0.29, 0.717) is 5.92 Å². The zero-order valence-electron chi connectivity index (χ0n) is 11.5. The minimum Gasteiger partial charge on any atom is -0.458 e.